The van der Waals surface area contributed by atoms with Crippen molar-refractivity contribution in [2.75, 3.05) is 39.3 Å². The van der Waals surface area contributed by atoms with E-state index in [0.29, 0.717) is 22.5 Å². The molecule has 0 aliphatic carbocycles. The zero-order chi connectivity index (χ0) is 17.8. The lowest BCUT2D eigenvalue weighted by Crippen LogP contribution is -2.48. The van der Waals surface area contributed by atoms with Gasteiger partial charge in [0.25, 0.3) is 0 Å². The van der Waals surface area contributed by atoms with Crippen LogP contribution in [0.15, 0.2) is 30.5 Å². The second-order valence-electron chi connectivity index (χ2n) is 5.89. The van der Waals surface area contributed by atoms with Gasteiger partial charge >= 0.3 is 0 Å². The molecular weight excluding hydrogens is 363 g/mol. The fourth-order valence-corrected chi connectivity index (χ4v) is 3.25. The number of piperazine rings is 1. The van der Waals surface area contributed by atoms with Crippen LogP contribution in [0.25, 0.3) is 5.69 Å². The Kier molecular flexibility index (Phi) is 5.83. The number of carbonyl (C=O) groups is 1. The Morgan fingerprint density at radius 2 is 1.96 bits per heavy atom. The first-order chi connectivity index (χ1) is 12.0. The zero-order valence-corrected chi connectivity index (χ0v) is 15.5. The van der Waals surface area contributed by atoms with E-state index in [0.717, 1.165) is 38.4 Å². The van der Waals surface area contributed by atoms with Crippen LogP contribution in [0, 0.1) is 0 Å². The van der Waals surface area contributed by atoms with Gasteiger partial charge in [0.05, 0.1) is 10.7 Å². The van der Waals surface area contributed by atoms with Crippen molar-refractivity contribution in [3.63, 3.8) is 0 Å². The molecule has 25 heavy (non-hydrogen) atoms. The third-order valence-corrected chi connectivity index (χ3v) is 4.73. The third kappa shape index (κ3) is 4.66. The first-order valence-corrected chi connectivity index (χ1v) is 8.90. The number of benzene rings is 1. The molecule has 1 aromatic carbocycles. The standard InChI is InChI=1S/C17H20Cl2N4O2/c1-13(24)22-8-6-21(7-9-22)10-11-25-17-4-5-23(20-17)16-3-2-14(18)12-15(16)19/h2-5,12H,6-11H2,1H3. The van der Waals surface area contributed by atoms with Gasteiger partial charge in [0.15, 0.2) is 0 Å². The Labute approximate surface area is 156 Å². The molecule has 0 spiro atoms. The molecule has 1 amide bonds. The number of amides is 1. The molecular formula is C17H20Cl2N4O2. The maximum Gasteiger partial charge on any atom is 0.233 e. The van der Waals surface area contributed by atoms with Crippen LogP contribution in [0.3, 0.4) is 0 Å². The first kappa shape index (κ1) is 18.0. The summed E-state index contributed by atoms with van der Waals surface area (Å²) >= 11 is 12.1. The van der Waals surface area contributed by atoms with E-state index in [1.165, 1.54) is 0 Å². The summed E-state index contributed by atoms with van der Waals surface area (Å²) in [6.45, 7) is 6.27. The molecule has 0 N–H and O–H groups in total. The van der Waals surface area contributed by atoms with Crippen LogP contribution in [0.2, 0.25) is 10.0 Å². The van der Waals surface area contributed by atoms with Gasteiger partial charge in [-0.15, -0.1) is 5.10 Å². The van der Waals surface area contributed by atoms with Crippen molar-refractivity contribution >= 4 is 29.1 Å². The molecule has 8 heteroatoms. The minimum Gasteiger partial charge on any atom is -0.475 e. The molecule has 0 radical (unpaired) electrons. The maximum absolute atomic E-state index is 11.3. The van der Waals surface area contributed by atoms with Crippen molar-refractivity contribution in [1.82, 2.24) is 19.6 Å². The minimum atomic E-state index is 0.141. The number of hydrogen-bond acceptors (Lipinski definition) is 4. The second kappa shape index (κ2) is 8.08. The van der Waals surface area contributed by atoms with E-state index in [9.17, 15) is 4.79 Å². The number of carbonyl (C=O) groups excluding carboxylic acids is 1. The van der Waals surface area contributed by atoms with Crippen LogP contribution in [0.1, 0.15) is 6.92 Å². The molecule has 0 atom stereocenters. The molecule has 1 fully saturated rings. The third-order valence-electron chi connectivity index (χ3n) is 4.20. The van der Waals surface area contributed by atoms with E-state index in [1.54, 1.807) is 36.0 Å². The summed E-state index contributed by atoms with van der Waals surface area (Å²) in [5.74, 6) is 0.690. The SMILES string of the molecule is CC(=O)N1CCN(CCOc2ccn(-c3ccc(Cl)cc3Cl)n2)CC1. The summed E-state index contributed by atoms with van der Waals surface area (Å²) in [5, 5.41) is 5.50. The predicted octanol–water partition coefficient (Wildman–Crippen LogP) is 2.72. The van der Waals surface area contributed by atoms with Crippen LogP contribution in [0.5, 0.6) is 5.88 Å². The van der Waals surface area contributed by atoms with Crippen molar-refractivity contribution in [3.05, 3.63) is 40.5 Å². The quantitative estimate of drug-likeness (QED) is 0.797. The summed E-state index contributed by atoms with van der Waals surface area (Å²) in [6, 6.07) is 7.07. The summed E-state index contributed by atoms with van der Waals surface area (Å²) < 4.78 is 7.39. The molecule has 6 nitrogen and oxygen atoms in total. The minimum absolute atomic E-state index is 0.141. The van der Waals surface area contributed by atoms with E-state index in [1.807, 2.05) is 11.0 Å². The monoisotopic (exact) mass is 382 g/mol. The number of halogens is 2. The predicted molar refractivity (Wildman–Crippen MR) is 97.8 cm³/mol. The van der Waals surface area contributed by atoms with Crippen molar-refractivity contribution in [1.29, 1.82) is 0 Å². The number of hydrogen-bond donors (Lipinski definition) is 0. The van der Waals surface area contributed by atoms with Crippen LogP contribution < -0.4 is 4.74 Å². The number of aromatic nitrogens is 2. The second-order valence-corrected chi connectivity index (χ2v) is 6.73. The Balaban J connectivity index is 1.49. The highest BCUT2D eigenvalue weighted by atomic mass is 35.5. The summed E-state index contributed by atoms with van der Waals surface area (Å²) in [7, 11) is 0. The normalized spacial score (nSPS) is 15.4. The molecule has 2 heterocycles. The van der Waals surface area contributed by atoms with Gasteiger partial charge in [-0.1, -0.05) is 23.2 Å². The highest BCUT2D eigenvalue weighted by molar-refractivity contribution is 6.35. The summed E-state index contributed by atoms with van der Waals surface area (Å²) in [4.78, 5) is 15.5. The van der Waals surface area contributed by atoms with E-state index in [4.69, 9.17) is 27.9 Å². The lowest BCUT2D eigenvalue weighted by atomic mass is 10.3. The summed E-state index contributed by atoms with van der Waals surface area (Å²) in [6.07, 6.45) is 1.80. The fraction of sp³-hybridized carbons (Fsp3) is 0.412. The Morgan fingerprint density at radius 1 is 1.20 bits per heavy atom. The van der Waals surface area contributed by atoms with Gasteiger partial charge in [-0.05, 0) is 18.2 Å². The topological polar surface area (TPSA) is 50.6 Å². The van der Waals surface area contributed by atoms with Gasteiger partial charge in [-0.3, -0.25) is 9.69 Å². The molecule has 1 aliphatic rings. The van der Waals surface area contributed by atoms with Gasteiger partial charge in [0, 0.05) is 56.9 Å². The van der Waals surface area contributed by atoms with Crippen LogP contribution in [-0.4, -0.2) is 64.8 Å². The van der Waals surface area contributed by atoms with Crippen LogP contribution in [-0.2, 0) is 4.79 Å². The lowest BCUT2D eigenvalue weighted by Gasteiger charge is -2.33. The van der Waals surface area contributed by atoms with E-state index in [2.05, 4.69) is 10.00 Å². The van der Waals surface area contributed by atoms with Gasteiger partial charge in [0.1, 0.15) is 6.61 Å². The molecule has 2 aromatic rings. The van der Waals surface area contributed by atoms with Crippen molar-refractivity contribution < 1.29 is 9.53 Å². The lowest BCUT2D eigenvalue weighted by molar-refractivity contribution is -0.130. The average Bonchev–Trinajstić information content (AvgIpc) is 3.04. The first-order valence-electron chi connectivity index (χ1n) is 8.15. The maximum atomic E-state index is 11.3. The average molecular weight is 383 g/mol. The molecule has 1 aromatic heterocycles. The van der Waals surface area contributed by atoms with Crippen molar-refractivity contribution in [2.24, 2.45) is 0 Å². The van der Waals surface area contributed by atoms with Crippen LogP contribution in [0.4, 0.5) is 0 Å². The molecule has 1 saturated heterocycles. The summed E-state index contributed by atoms with van der Waals surface area (Å²) in [5.41, 5.74) is 0.751. The van der Waals surface area contributed by atoms with Gasteiger partial charge in [0.2, 0.25) is 11.8 Å². The molecule has 134 valence electrons. The molecule has 3 rings (SSSR count). The van der Waals surface area contributed by atoms with Crippen molar-refractivity contribution in [3.8, 4) is 11.6 Å². The van der Waals surface area contributed by atoms with Gasteiger partial charge in [-0.25, -0.2) is 4.68 Å². The van der Waals surface area contributed by atoms with E-state index < -0.39 is 0 Å². The van der Waals surface area contributed by atoms with E-state index in [-0.39, 0.29) is 5.91 Å². The molecule has 1 aliphatic heterocycles. The number of ether oxygens (including phenoxy) is 1. The number of nitrogens with zero attached hydrogens (tertiary/aromatic N) is 4. The van der Waals surface area contributed by atoms with E-state index >= 15 is 0 Å². The Morgan fingerprint density at radius 3 is 2.64 bits per heavy atom. The Hall–Kier alpha value is -1.76. The molecule has 0 bridgehead atoms. The van der Waals surface area contributed by atoms with Crippen molar-refractivity contribution in [2.45, 2.75) is 6.92 Å². The smallest absolute Gasteiger partial charge is 0.233 e. The molecule has 0 unspecified atom stereocenters. The Bertz CT molecular complexity index is 742. The fourth-order valence-electron chi connectivity index (χ4n) is 2.75. The van der Waals surface area contributed by atoms with Gasteiger partial charge in [-0.2, -0.15) is 0 Å². The largest absolute Gasteiger partial charge is 0.475 e. The highest BCUT2D eigenvalue weighted by Gasteiger charge is 2.18. The highest BCUT2D eigenvalue weighted by Crippen LogP contribution is 2.24. The van der Waals surface area contributed by atoms with Gasteiger partial charge < -0.3 is 9.64 Å². The number of rotatable bonds is 5. The van der Waals surface area contributed by atoms with Crippen LogP contribution >= 0.6 is 23.2 Å². The zero-order valence-electron chi connectivity index (χ0n) is 14.0. The molecule has 0 saturated carbocycles.